The second-order valence-electron chi connectivity index (χ2n) is 4.93. The van der Waals surface area contributed by atoms with Crippen molar-refractivity contribution in [3.63, 3.8) is 0 Å². The summed E-state index contributed by atoms with van der Waals surface area (Å²) < 4.78 is 14.1. The average Bonchev–Trinajstić information content (AvgIpc) is 2.46. The van der Waals surface area contributed by atoms with E-state index in [0.717, 1.165) is 18.4 Å². The first-order valence-electron chi connectivity index (χ1n) is 6.96. The van der Waals surface area contributed by atoms with Crippen LogP contribution in [0.1, 0.15) is 31.7 Å². The van der Waals surface area contributed by atoms with Gasteiger partial charge in [0.2, 0.25) is 5.95 Å². The Labute approximate surface area is 122 Å². The molecular formula is C15H19FN4O. The monoisotopic (exact) mass is 290 g/mol. The number of halogens is 1. The predicted molar refractivity (Wildman–Crippen MR) is 82.4 cm³/mol. The molecule has 0 saturated carbocycles. The molecule has 0 fully saturated rings. The molecule has 3 N–H and O–H groups in total. The zero-order valence-corrected chi connectivity index (χ0v) is 12.2. The molecule has 0 aliphatic rings. The van der Waals surface area contributed by atoms with Gasteiger partial charge in [0.15, 0.2) is 5.82 Å². The quantitative estimate of drug-likeness (QED) is 0.829. The molecule has 0 bridgehead atoms. The summed E-state index contributed by atoms with van der Waals surface area (Å²) in [6.07, 6.45) is 2.53. The lowest BCUT2D eigenvalue weighted by Crippen LogP contribution is -2.05. The molecule has 0 saturated heterocycles. The molecular weight excluding hydrogens is 271 g/mol. The number of hydrogen-bond acceptors (Lipinski definition) is 5. The Morgan fingerprint density at radius 2 is 2.14 bits per heavy atom. The highest BCUT2D eigenvalue weighted by Gasteiger charge is 2.13. The Bertz CT molecular complexity index is 685. The Hall–Kier alpha value is -2.08. The fourth-order valence-electron chi connectivity index (χ4n) is 2.11. The third-order valence-electron chi connectivity index (χ3n) is 3.26. The van der Waals surface area contributed by atoms with E-state index in [-0.39, 0.29) is 23.8 Å². The number of benzene rings is 1. The molecule has 1 aromatic carbocycles. The van der Waals surface area contributed by atoms with Gasteiger partial charge in [0, 0.05) is 5.71 Å². The van der Waals surface area contributed by atoms with E-state index in [1.807, 2.05) is 6.92 Å². The average molecular weight is 290 g/mol. The van der Waals surface area contributed by atoms with Gasteiger partial charge < -0.3 is 10.8 Å². The molecule has 0 atom stereocenters. The molecule has 0 spiro atoms. The summed E-state index contributed by atoms with van der Waals surface area (Å²) in [6, 6.07) is 3.00. The number of aromatic nitrogens is 2. The molecule has 2 rings (SSSR count). The minimum Gasteiger partial charge on any atom is -0.390 e. The minimum absolute atomic E-state index is 0.0442. The Kier molecular flexibility index (Phi) is 4.80. The SMILES string of the molecule is CCCCC(CO)=Nc1nc(N)nc2c(C)ccc(F)c12. The highest BCUT2D eigenvalue weighted by Crippen LogP contribution is 2.29. The third kappa shape index (κ3) is 3.33. The highest BCUT2D eigenvalue weighted by molar-refractivity contribution is 5.96. The maximum absolute atomic E-state index is 14.1. The van der Waals surface area contributed by atoms with E-state index in [0.29, 0.717) is 17.6 Å². The smallest absolute Gasteiger partial charge is 0.222 e. The minimum atomic E-state index is -0.442. The number of aryl methyl sites for hydroxylation is 1. The first-order chi connectivity index (χ1) is 10.1. The van der Waals surface area contributed by atoms with Crippen LogP contribution in [0, 0.1) is 12.7 Å². The topological polar surface area (TPSA) is 84.4 Å². The Morgan fingerprint density at radius 1 is 1.38 bits per heavy atom. The van der Waals surface area contributed by atoms with Gasteiger partial charge >= 0.3 is 0 Å². The van der Waals surface area contributed by atoms with Gasteiger partial charge in [-0.15, -0.1) is 0 Å². The van der Waals surface area contributed by atoms with Crippen LogP contribution in [0.25, 0.3) is 10.9 Å². The molecule has 112 valence electrons. The molecule has 0 radical (unpaired) electrons. The maximum Gasteiger partial charge on any atom is 0.222 e. The van der Waals surface area contributed by atoms with Crippen molar-refractivity contribution in [3.05, 3.63) is 23.5 Å². The van der Waals surface area contributed by atoms with Crippen LogP contribution >= 0.6 is 0 Å². The van der Waals surface area contributed by atoms with Crippen molar-refractivity contribution in [3.8, 4) is 0 Å². The van der Waals surface area contributed by atoms with Crippen molar-refractivity contribution in [2.24, 2.45) is 4.99 Å². The van der Waals surface area contributed by atoms with Gasteiger partial charge in [0.1, 0.15) is 5.82 Å². The number of nitrogens with zero attached hydrogens (tertiary/aromatic N) is 3. The molecule has 1 aromatic heterocycles. The van der Waals surface area contributed by atoms with Gasteiger partial charge in [0.05, 0.1) is 17.5 Å². The van der Waals surface area contributed by atoms with Crippen LogP contribution in [0.4, 0.5) is 16.2 Å². The van der Waals surface area contributed by atoms with Crippen LogP contribution in [0.3, 0.4) is 0 Å². The molecule has 0 aliphatic carbocycles. The molecule has 5 nitrogen and oxygen atoms in total. The maximum atomic E-state index is 14.1. The van der Waals surface area contributed by atoms with E-state index in [1.165, 1.54) is 6.07 Å². The first-order valence-corrected chi connectivity index (χ1v) is 6.96. The number of aliphatic hydroxyl groups is 1. The van der Waals surface area contributed by atoms with Crippen molar-refractivity contribution < 1.29 is 9.50 Å². The predicted octanol–water partition coefficient (Wildman–Crippen LogP) is 2.91. The van der Waals surface area contributed by atoms with E-state index in [4.69, 9.17) is 5.73 Å². The third-order valence-corrected chi connectivity index (χ3v) is 3.26. The van der Waals surface area contributed by atoms with Crippen molar-refractivity contribution in [1.82, 2.24) is 9.97 Å². The lowest BCUT2D eigenvalue weighted by Gasteiger charge is -2.08. The van der Waals surface area contributed by atoms with Crippen LogP contribution in [-0.4, -0.2) is 27.4 Å². The molecule has 0 aliphatic heterocycles. The van der Waals surface area contributed by atoms with Gasteiger partial charge in [-0.1, -0.05) is 19.4 Å². The molecule has 6 heteroatoms. The van der Waals surface area contributed by atoms with E-state index in [9.17, 15) is 9.50 Å². The van der Waals surface area contributed by atoms with Crippen molar-refractivity contribution in [2.75, 3.05) is 12.3 Å². The zero-order valence-electron chi connectivity index (χ0n) is 12.2. The van der Waals surface area contributed by atoms with E-state index in [1.54, 1.807) is 6.07 Å². The van der Waals surface area contributed by atoms with Crippen molar-refractivity contribution in [1.29, 1.82) is 0 Å². The van der Waals surface area contributed by atoms with E-state index >= 15 is 0 Å². The van der Waals surface area contributed by atoms with Crippen molar-refractivity contribution >= 4 is 28.4 Å². The van der Waals surface area contributed by atoms with Crippen LogP contribution in [-0.2, 0) is 0 Å². The number of nitrogens with two attached hydrogens (primary N) is 1. The van der Waals surface area contributed by atoms with Gasteiger partial charge in [-0.05, 0) is 31.4 Å². The summed E-state index contributed by atoms with van der Waals surface area (Å²) in [5, 5.41) is 9.62. The number of nitrogen functional groups attached to an aromatic ring is 1. The summed E-state index contributed by atoms with van der Waals surface area (Å²) in [4.78, 5) is 12.4. The molecule has 21 heavy (non-hydrogen) atoms. The summed E-state index contributed by atoms with van der Waals surface area (Å²) in [5.41, 5.74) is 7.51. The highest BCUT2D eigenvalue weighted by atomic mass is 19.1. The Morgan fingerprint density at radius 3 is 2.81 bits per heavy atom. The number of aliphatic hydroxyl groups excluding tert-OH is 1. The number of hydrogen-bond donors (Lipinski definition) is 2. The number of rotatable bonds is 5. The molecule has 0 unspecified atom stereocenters. The second kappa shape index (κ2) is 6.58. The largest absolute Gasteiger partial charge is 0.390 e. The lowest BCUT2D eigenvalue weighted by molar-refractivity contribution is 0.354. The van der Waals surface area contributed by atoms with Crippen molar-refractivity contribution in [2.45, 2.75) is 33.1 Å². The van der Waals surface area contributed by atoms with Gasteiger partial charge in [-0.25, -0.2) is 14.4 Å². The van der Waals surface area contributed by atoms with Gasteiger partial charge in [0.25, 0.3) is 0 Å². The van der Waals surface area contributed by atoms with E-state index in [2.05, 4.69) is 21.9 Å². The lowest BCUT2D eigenvalue weighted by atomic mass is 10.1. The number of fused-ring (bicyclic) bond motifs is 1. The molecule has 2 aromatic rings. The zero-order chi connectivity index (χ0) is 15.4. The van der Waals surface area contributed by atoms with Crippen LogP contribution < -0.4 is 5.73 Å². The first kappa shape index (κ1) is 15.3. The summed E-state index contributed by atoms with van der Waals surface area (Å²) in [7, 11) is 0. The van der Waals surface area contributed by atoms with Crippen LogP contribution in [0.5, 0.6) is 0 Å². The van der Waals surface area contributed by atoms with Crippen LogP contribution in [0.15, 0.2) is 17.1 Å². The second-order valence-corrected chi connectivity index (χ2v) is 4.93. The molecule has 0 amide bonds. The standard InChI is InChI=1S/C15H19FN4O/c1-3-4-5-10(8-21)18-14-12-11(16)7-6-9(2)13(12)19-15(17)20-14/h6-7,21H,3-5,8H2,1-2H3,(H2,17,19,20). The fraction of sp³-hybridized carbons (Fsp3) is 0.400. The van der Waals surface area contributed by atoms with E-state index < -0.39 is 5.82 Å². The van der Waals surface area contributed by atoms with Crippen LogP contribution in [0.2, 0.25) is 0 Å². The number of unbranched alkanes of at least 4 members (excludes halogenated alkanes) is 1. The van der Waals surface area contributed by atoms with Gasteiger partial charge in [-0.2, -0.15) is 4.98 Å². The number of anilines is 1. The number of aliphatic imine (C=N–C) groups is 1. The Balaban J connectivity index is 2.62. The summed E-state index contributed by atoms with van der Waals surface area (Å²) >= 11 is 0. The normalized spacial score (nSPS) is 12.1. The summed E-state index contributed by atoms with van der Waals surface area (Å²) in [5.74, 6) is -0.219. The molecule has 1 heterocycles. The fourth-order valence-corrected chi connectivity index (χ4v) is 2.11. The summed E-state index contributed by atoms with van der Waals surface area (Å²) in [6.45, 7) is 3.70. The van der Waals surface area contributed by atoms with Gasteiger partial charge in [-0.3, -0.25) is 0 Å².